The lowest BCUT2D eigenvalue weighted by Gasteiger charge is -2.09. The minimum atomic E-state index is 0.318. The van der Waals surface area contributed by atoms with Gasteiger partial charge in [0.05, 0.1) is 13.2 Å². The van der Waals surface area contributed by atoms with E-state index in [9.17, 15) is 5.11 Å². The number of hydrogen-bond donors (Lipinski definition) is 1. The number of phenols is 1. The molecule has 0 aliphatic heterocycles. The highest BCUT2D eigenvalue weighted by atomic mass is 16.5. The van der Waals surface area contributed by atoms with Crippen LogP contribution >= 0.6 is 0 Å². The minimum Gasteiger partial charge on any atom is -0.508 e. The van der Waals surface area contributed by atoms with Crippen molar-refractivity contribution in [3.8, 4) is 5.75 Å². The summed E-state index contributed by atoms with van der Waals surface area (Å²) in [6, 6.07) is 7.34. The summed E-state index contributed by atoms with van der Waals surface area (Å²) in [4.78, 5) is 4.28. The van der Waals surface area contributed by atoms with Gasteiger partial charge < -0.3 is 14.4 Å². The van der Waals surface area contributed by atoms with Crippen LogP contribution in [0.15, 0.2) is 36.7 Å². The number of aromatic nitrogens is 2. The molecule has 1 N–H and O–H groups in total. The second kappa shape index (κ2) is 5.50. The van der Waals surface area contributed by atoms with Gasteiger partial charge in [0.15, 0.2) is 0 Å². The number of para-hydroxylation sites is 1. The summed E-state index contributed by atoms with van der Waals surface area (Å²) in [6.07, 6.45) is 4.46. The monoisotopic (exact) mass is 232 g/mol. The van der Waals surface area contributed by atoms with Crippen LogP contribution in [-0.2, 0) is 17.7 Å². The summed E-state index contributed by atoms with van der Waals surface area (Å²) in [6.45, 7) is 1.28. The molecule has 0 atom stereocenters. The fourth-order valence-electron chi connectivity index (χ4n) is 1.73. The maximum atomic E-state index is 9.72. The molecule has 0 fully saturated rings. The fraction of sp³-hybridized carbons (Fsp3) is 0.308. The Balaban J connectivity index is 2.13. The normalized spacial score (nSPS) is 10.6. The van der Waals surface area contributed by atoms with Crippen LogP contribution in [0.25, 0.3) is 0 Å². The average Bonchev–Trinajstić information content (AvgIpc) is 2.77. The Morgan fingerprint density at radius 2 is 2.18 bits per heavy atom. The minimum absolute atomic E-state index is 0.318. The van der Waals surface area contributed by atoms with Gasteiger partial charge in [-0.15, -0.1) is 0 Å². The lowest BCUT2D eigenvalue weighted by Crippen LogP contribution is -2.07. The molecule has 0 saturated heterocycles. The van der Waals surface area contributed by atoms with Gasteiger partial charge >= 0.3 is 0 Å². The molecule has 90 valence electrons. The second-order valence-corrected chi connectivity index (χ2v) is 3.84. The SMILES string of the molecule is COCCc1nccn1Cc1ccccc1O. The van der Waals surface area contributed by atoms with Crippen LogP contribution in [0.2, 0.25) is 0 Å². The van der Waals surface area contributed by atoms with Crippen molar-refractivity contribution in [1.82, 2.24) is 9.55 Å². The summed E-state index contributed by atoms with van der Waals surface area (Å²) in [5, 5.41) is 9.72. The van der Waals surface area contributed by atoms with Gasteiger partial charge in [-0.25, -0.2) is 4.98 Å². The molecule has 4 nitrogen and oxygen atoms in total. The van der Waals surface area contributed by atoms with E-state index in [0.29, 0.717) is 18.9 Å². The molecule has 0 spiro atoms. The number of aromatic hydroxyl groups is 1. The van der Waals surface area contributed by atoms with E-state index in [0.717, 1.165) is 17.8 Å². The van der Waals surface area contributed by atoms with E-state index in [2.05, 4.69) is 4.98 Å². The predicted molar refractivity (Wildman–Crippen MR) is 65.0 cm³/mol. The van der Waals surface area contributed by atoms with Crippen molar-refractivity contribution in [2.45, 2.75) is 13.0 Å². The summed E-state index contributed by atoms with van der Waals surface area (Å²) >= 11 is 0. The Kier molecular flexibility index (Phi) is 3.77. The van der Waals surface area contributed by atoms with E-state index in [1.54, 1.807) is 19.4 Å². The molecule has 0 aliphatic rings. The van der Waals surface area contributed by atoms with Crippen molar-refractivity contribution < 1.29 is 9.84 Å². The van der Waals surface area contributed by atoms with Gasteiger partial charge in [0.1, 0.15) is 11.6 Å². The number of phenolic OH excluding ortho intramolecular Hbond substituents is 1. The molecule has 1 aromatic carbocycles. The first-order valence-electron chi connectivity index (χ1n) is 5.57. The first kappa shape index (κ1) is 11.7. The highest BCUT2D eigenvalue weighted by molar-refractivity contribution is 5.32. The summed E-state index contributed by atoms with van der Waals surface area (Å²) in [7, 11) is 1.68. The fourth-order valence-corrected chi connectivity index (χ4v) is 1.73. The number of benzene rings is 1. The van der Waals surface area contributed by atoms with Crippen molar-refractivity contribution in [3.05, 3.63) is 48.0 Å². The van der Waals surface area contributed by atoms with E-state index < -0.39 is 0 Å². The van der Waals surface area contributed by atoms with Crippen molar-refractivity contribution in [1.29, 1.82) is 0 Å². The van der Waals surface area contributed by atoms with Gasteiger partial charge in [0.25, 0.3) is 0 Å². The van der Waals surface area contributed by atoms with Gasteiger partial charge in [-0.1, -0.05) is 18.2 Å². The highest BCUT2D eigenvalue weighted by Gasteiger charge is 2.05. The van der Waals surface area contributed by atoms with E-state index in [1.165, 1.54) is 0 Å². The Morgan fingerprint density at radius 3 is 2.94 bits per heavy atom. The molecule has 2 rings (SSSR count). The van der Waals surface area contributed by atoms with Crippen LogP contribution < -0.4 is 0 Å². The zero-order chi connectivity index (χ0) is 12.1. The molecule has 0 saturated carbocycles. The Hall–Kier alpha value is -1.81. The molecular formula is C13H16N2O2. The molecule has 17 heavy (non-hydrogen) atoms. The van der Waals surface area contributed by atoms with Gasteiger partial charge in [0.2, 0.25) is 0 Å². The standard InChI is InChI=1S/C13H16N2O2/c1-17-9-6-13-14-7-8-15(13)10-11-4-2-3-5-12(11)16/h2-5,7-8,16H,6,9-10H2,1H3. The largest absolute Gasteiger partial charge is 0.508 e. The van der Waals surface area contributed by atoms with Gasteiger partial charge in [0, 0.05) is 31.5 Å². The summed E-state index contributed by atoms with van der Waals surface area (Å²) in [5.74, 6) is 1.29. The van der Waals surface area contributed by atoms with E-state index >= 15 is 0 Å². The third-order valence-corrected chi connectivity index (χ3v) is 2.66. The third kappa shape index (κ3) is 2.85. The van der Waals surface area contributed by atoms with Crippen molar-refractivity contribution in [2.75, 3.05) is 13.7 Å². The number of rotatable bonds is 5. The van der Waals surface area contributed by atoms with Gasteiger partial charge in [-0.3, -0.25) is 0 Å². The molecule has 1 heterocycles. The summed E-state index contributed by atoms with van der Waals surface area (Å²) in [5.41, 5.74) is 0.893. The molecule has 0 amide bonds. The van der Waals surface area contributed by atoms with Crippen LogP contribution in [0.4, 0.5) is 0 Å². The zero-order valence-corrected chi connectivity index (χ0v) is 9.84. The second-order valence-electron chi connectivity index (χ2n) is 3.84. The number of imidazole rings is 1. The number of ether oxygens (including phenoxy) is 1. The maximum absolute atomic E-state index is 9.72. The van der Waals surface area contributed by atoms with Crippen molar-refractivity contribution in [3.63, 3.8) is 0 Å². The Bertz CT molecular complexity index is 480. The summed E-state index contributed by atoms with van der Waals surface area (Å²) < 4.78 is 7.06. The van der Waals surface area contributed by atoms with Crippen molar-refractivity contribution >= 4 is 0 Å². The van der Waals surface area contributed by atoms with Crippen molar-refractivity contribution in [2.24, 2.45) is 0 Å². The Morgan fingerprint density at radius 1 is 1.35 bits per heavy atom. The first-order valence-corrected chi connectivity index (χ1v) is 5.57. The van der Waals surface area contributed by atoms with Gasteiger partial charge in [-0.2, -0.15) is 0 Å². The molecule has 0 bridgehead atoms. The molecule has 1 aromatic heterocycles. The lowest BCUT2D eigenvalue weighted by molar-refractivity contribution is 0.199. The first-order chi connectivity index (χ1) is 8.31. The number of methoxy groups -OCH3 is 1. The maximum Gasteiger partial charge on any atom is 0.120 e. The van der Waals surface area contributed by atoms with Crippen LogP contribution in [-0.4, -0.2) is 28.4 Å². The zero-order valence-electron chi connectivity index (χ0n) is 9.84. The lowest BCUT2D eigenvalue weighted by atomic mass is 10.2. The van der Waals surface area contributed by atoms with E-state index in [4.69, 9.17) is 4.74 Å². The quantitative estimate of drug-likeness (QED) is 0.855. The van der Waals surface area contributed by atoms with Crippen LogP contribution in [0.3, 0.4) is 0 Å². The molecule has 4 heteroatoms. The molecular weight excluding hydrogens is 216 g/mol. The smallest absolute Gasteiger partial charge is 0.120 e. The highest BCUT2D eigenvalue weighted by Crippen LogP contribution is 2.17. The van der Waals surface area contributed by atoms with Gasteiger partial charge in [-0.05, 0) is 6.07 Å². The molecule has 0 radical (unpaired) electrons. The van der Waals surface area contributed by atoms with E-state index in [-0.39, 0.29) is 0 Å². The Labute approximate surface area is 100 Å². The molecule has 0 aliphatic carbocycles. The topological polar surface area (TPSA) is 47.3 Å². The van der Waals surface area contributed by atoms with Crippen LogP contribution in [0, 0.1) is 0 Å². The average molecular weight is 232 g/mol. The third-order valence-electron chi connectivity index (χ3n) is 2.66. The van der Waals surface area contributed by atoms with E-state index in [1.807, 2.05) is 29.0 Å². The predicted octanol–water partition coefficient (Wildman–Crippen LogP) is 1.83. The van der Waals surface area contributed by atoms with Crippen LogP contribution in [0.5, 0.6) is 5.75 Å². The number of hydrogen-bond acceptors (Lipinski definition) is 3. The number of nitrogens with zero attached hydrogens (tertiary/aromatic N) is 2. The van der Waals surface area contributed by atoms with Crippen LogP contribution in [0.1, 0.15) is 11.4 Å². The molecule has 2 aromatic rings. The molecule has 0 unspecified atom stereocenters.